The number of rotatable bonds is 1. The zero-order chi connectivity index (χ0) is 9.30. The lowest BCUT2D eigenvalue weighted by Crippen LogP contribution is -2.11. The molecule has 0 aromatic carbocycles. The Morgan fingerprint density at radius 2 is 2.17 bits per heavy atom. The Kier molecular flexibility index (Phi) is 3.22. The number of pyridine rings is 1. The second-order valence-corrected chi connectivity index (χ2v) is 3.97. The van der Waals surface area contributed by atoms with Crippen molar-refractivity contribution >= 4 is 38.5 Å². The molecular weight excluding hydrogens is 347 g/mol. The number of hydrogen-bond acceptors (Lipinski definition) is 1. The average Bonchev–Trinajstić information content (AvgIpc) is 1.99. The molecule has 0 spiro atoms. The minimum Gasteiger partial charge on any atom is -0.320 e. The van der Waals surface area contributed by atoms with Crippen LogP contribution in [0.25, 0.3) is 0 Å². The molecule has 6 heteroatoms. The van der Waals surface area contributed by atoms with Crippen LogP contribution in [0.5, 0.6) is 0 Å². The summed E-state index contributed by atoms with van der Waals surface area (Å²) < 4.78 is 24.9. The van der Waals surface area contributed by atoms with E-state index in [0.29, 0.717) is 3.57 Å². The van der Waals surface area contributed by atoms with E-state index in [1.54, 1.807) is 0 Å². The van der Waals surface area contributed by atoms with Crippen LogP contribution < -0.4 is 5.56 Å². The summed E-state index contributed by atoms with van der Waals surface area (Å²) in [6.07, 6.45) is -2.64. The van der Waals surface area contributed by atoms with E-state index in [2.05, 4.69) is 20.9 Å². The highest BCUT2D eigenvalue weighted by Crippen LogP contribution is 2.20. The maximum Gasteiger partial charge on any atom is 0.278 e. The molecule has 1 N–H and O–H groups in total. The van der Waals surface area contributed by atoms with Crippen molar-refractivity contribution in [2.24, 2.45) is 0 Å². The molecule has 0 amide bonds. The lowest BCUT2D eigenvalue weighted by molar-refractivity contribution is 0.145. The molecule has 0 unspecified atom stereocenters. The van der Waals surface area contributed by atoms with Crippen molar-refractivity contribution < 1.29 is 8.78 Å². The molecule has 0 atom stereocenters. The van der Waals surface area contributed by atoms with Crippen molar-refractivity contribution in [1.29, 1.82) is 0 Å². The Morgan fingerprint density at radius 1 is 1.58 bits per heavy atom. The van der Waals surface area contributed by atoms with Gasteiger partial charge in [0.15, 0.2) is 0 Å². The molecule has 0 saturated carbocycles. The number of nitrogens with one attached hydrogen (secondary N) is 1. The molecule has 1 heterocycles. The van der Waals surface area contributed by atoms with Crippen molar-refractivity contribution in [2.75, 3.05) is 0 Å². The minimum absolute atomic E-state index is 0.285. The highest BCUT2D eigenvalue weighted by Gasteiger charge is 2.11. The van der Waals surface area contributed by atoms with Gasteiger partial charge in [-0.25, -0.2) is 8.78 Å². The number of aromatic nitrogens is 1. The molecule has 2 nitrogen and oxygen atoms in total. The highest BCUT2D eigenvalue weighted by molar-refractivity contribution is 14.1. The molecule has 1 rings (SSSR count). The van der Waals surface area contributed by atoms with Gasteiger partial charge in [-0.05, 0) is 44.6 Å². The first-order valence-electron chi connectivity index (χ1n) is 2.88. The molecule has 0 aliphatic carbocycles. The molecule has 0 saturated heterocycles. The Balaban J connectivity index is 3.31. The third kappa shape index (κ3) is 2.03. The molecule has 12 heavy (non-hydrogen) atoms. The largest absolute Gasteiger partial charge is 0.320 e. The van der Waals surface area contributed by atoms with Crippen molar-refractivity contribution in [2.45, 2.75) is 6.43 Å². The third-order valence-electron chi connectivity index (χ3n) is 1.18. The number of halogens is 4. The standard InChI is InChI=1S/C6H3BrF2INO/c7-4-2(10)1-3(5(8)9)11-6(4)12/h1,5H,(H,11,12). The van der Waals surface area contributed by atoms with E-state index in [0.717, 1.165) is 0 Å². The second kappa shape index (κ2) is 3.82. The Labute approximate surface area is 88.6 Å². The SMILES string of the molecule is O=c1[nH]c(C(F)F)cc(I)c1Br. The van der Waals surface area contributed by atoms with Crippen LogP contribution in [0.15, 0.2) is 15.3 Å². The van der Waals surface area contributed by atoms with E-state index < -0.39 is 12.0 Å². The maximum atomic E-state index is 12.1. The molecule has 1 aromatic heterocycles. The first-order valence-corrected chi connectivity index (χ1v) is 4.76. The van der Waals surface area contributed by atoms with Crippen LogP contribution in [-0.2, 0) is 0 Å². The number of hydrogen-bond donors (Lipinski definition) is 1. The number of alkyl halides is 2. The molecule has 0 bridgehead atoms. The quantitative estimate of drug-likeness (QED) is 0.777. The van der Waals surface area contributed by atoms with Crippen LogP contribution in [0.1, 0.15) is 12.1 Å². The van der Waals surface area contributed by atoms with Crippen LogP contribution in [0.2, 0.25) is 0 Å². The van der Waals surface area contributed by atoms with Crippen molar-refractivity contribution in [3.63, 3.8) is 0 Å². The second-order valence-electron chi connectivity index (χ2n) is 2.02. The van der Waals surface area contributed by atoms with E-state index in [1.165, 1.54) is 6.07 Å². The number of H-pyrrole nitrogens is 1. The van der Waals surface area contributed by atoms with Gasteiger partial charge in [0.25, 0.3) is 12.0 Å². The fourth-order valence-electron chi connectivity index (χ4n) is 0.648. The van der Waals surface area contributed by atoms with Gasteiger partial charge in [-0.2, -0.15) is 0 Å². The summed E-state index contributed by atoms with van der Waals surface area (Å²) in [6, 6.07) is 1.23. The van der Waals surface area contributed by atoms with Crippen LogP contribution >= 0.6 is 38.5 Å². The average molecular weight is 350 g/mol. The summed E-state index contributed by atoms with van der Waals surface area (Å²) in [5.74, 6) is 0. The fraction of sp³-hybridized carbons (Fsp3) is 0.167. The van der Waals surface area contributed by atoms with E-state index in [-0.39, 0.29) is 10.2 Å². The predicted molar refractivity (Wildman–Crippen MR) is 52.4 cm³/mol. The third-order valence-corrected chi connectivity index (χ3v) is 3.56. The summed E-state index contributed by atoms with van der Waals surface area (Å²) in [5, 5.41) is 0. The summed E-state index contributed by atoms with van der Waals surface area (Å²) >= 11 is 4.77. The molecule has 0 aliphatic heterocycles. The van der Waals surface area contributed by atoms with E-state index in [1.807, 2.05) is 22.6 Å². The van der Waals surface area contributed by atoms with E-state index in [9.17, 15) is 13.6 Å². The summed E-state index contributed by atoms with van der Waals surface area (Å²) in [5.41, 5.74) is -0.884. The smallest absolute Gasteiger partial charge is 0.278 e. The van der Waals surface area contributed by atoms with Crippen LogP contribution in [0.3, 0.4) is 0 Å². The Morgan fingerprint density at radius 3 is 2.58 bits per heavy atom. The van der Waals surface area contributed by atoms with Gasteiger partial charge in [0, 0.05) is 3.57 Å². The highest BCUT2D eigenvalue weighted by atomic mass is 127. The Bertz CT molecular complexity index is 352. The Hall–Kier alpha value is 0.0200. The normalized spacial score (nSPS) is 10.8. The predicted octanol–water partition coefficient (Wildman–Crippen LogP) is 2.68. The molecule has 0 fully saturated rings. The lowest BCUT2D eigenvalue weighted by Gasteiger charge is -2.00. The number of aromatic amines is 1. The van der Waals surface area contributed by atoms with Gasteiger partial charge in [-0.15, -0.1) is 0 Å². The summed E-state index contributed by atoms with van der Waals surface area (Å²) in [6.45, 7) is 0. The van der Waals surface area contributed by atoms with Gasteiger partial charge in [-0.1, -0.05) is 0 Å². The minimum atomic E-state index is -2.64. The summed E-state index contributed by atoms with van der Waals surface area (Å²) in [4.78, 5) is 13.0. The molecule has 66 valence electrons. The van der Waals surface area contributed by atoms with Gasteiger partial charge in [-0.3, -0.25) is 4.79 Å². The van der Waals surface area contributed by atoms with E-state index >= 15 is 0 Å². The van der Waals surface area contributed by atoms with Crippen LogP contribution in [0.4, 0.5) is 8.78 Å². The first-order chi connectivity index (χ1) is 5.52. The van der Waals surface area contributed by atoms with Gasteiger partial charge in [0.1, 0.15) is 0 Å². The van der Waals surface area contributed by atoms with Gasteiger partial charge in [0.05, 0.1) is 10.2 Å². The maximum absolute atomic E-state index is 12.1. The topological polar surface area (TPSA) is 32.9 Å². The lowest BCUT2D eigenvalue weighted by atomic mass is 10.4. The molecule has 0 aliphatic rings. The first kappa shape index (κ1) is 10.1. The van der Waals surface area contributed by atoms with Crippen molar-refractivity contribution in [3.8, 4) is 0 Å². The summed E-state index contributed by atoms with van der Waals surface area (Å²) in [7, 11) is 0. The fourth-order valence-corrected chi connectivity index (χ4v) is 1.44. The monoisotopic (exact) mass is 349 g/mol. The zero-order valence-electron chi connectivity index (χ0n) is 5.57. The van der Waals surface area contributed by atoms with Crippen LogP contribution in [-0.4, -0.2) is 4.98 Å². The van der Waals surface area contributed by atoms with Crippen LogP contribution in [0, 0.1) is 3.57 Å². The molecule has 0 radical (unpaired) electrons. The van der Waals surface area contributed by atoms with Crippen molar-refractivity contribution in [1.82, 2.24) is 4.98 Å². The van der Waals surface area contributed by atoms with Gasteiger partial charge < -0.3 is 4.98 Å². The van der Waals surface area contributed by atoms with Gasteiger partial charge >= 0.3 is 0 Å². The van der Waals surface area contributed by atoms with E-state index in [4.69, 9.17) is 0 Å². The van der Waals surface area contributed by atoms with Gasteiger partial charge in [0.2, 0.25) is 0 Å². The van der Waals surface area contributed by atoms with Crippen molar-refractivity contribution in [3.05, 3.63) is 30.2 Å². The zero-order valence-corrected chi connectivity index (χ0v) is 9.32. The molecular formula is C6H3BrF2INO. The molecule has 1 aromatic rings.